The molecule has 0 atom stereocenters. The molecule has 2 amide bonds. The van der Waals surface area contributed by atoms with Gasteiger partial charge in [-0.3, -0.25) is 20.4 Å². The number of carbonyl (C=O) groups is 2. The summed E-state index contributed by atoms with van der Waals surface area (Å²) in [5.74, 6) is 0.628. The van der Waals surface area contributed by atoms with E-state index in [1.54, 1.807) is 18.2 Å². The summed E-state index contributed by atoms with van der Waals surface area (Å²) >= 11 is 0. The molecular weight excluding hydrogens is 296 g/mol. The molecule has 6 heteroatoms. The Balaban J connectivity index is 1.73. The van der Waals surface area contributed by atoms with Crippen molar-refractivity contribution in [2.45, 2.75) is 45.4 Å². The van der Waals surface area contributed by atoms with Crippen molar-refractivity contribution in [1.29, 1.82) is 0 Å². The molecule has 0 spiro atoms. The zero-order valence-electron chi connectivity index (χ0n) is 13.5. The Morgan fingerprint density at radius 1 is 1.00 bits per heavy atom. The minimum absolute atomic E-state index is 0.174. The smallest absolute Gasteiger partial charge is 0.269 e. The van der Waals surface area contributed by atoms with Crippen LogP contribution in [0.15, 0.2) is 18.2 Å². The summed E-state index contributed by atoms with van der Waals surface area (Å²) < 4.78 is 10.8. The highest BCUT2D eigenvalue weighted by molar-refractivity contribution is 5.96. The molecule has 0 saturated carbocycles. The van der Waals surface area contributed by atoms with E-state index in [9.17, 15) is 9.59 Å². The second-order valence-corrected chi connectivity index (χ2v) is 5.52. The molecule has 0 fully saturated rings. The summed E-state index contributed by atoms with van der Waals surface area (Å²) in [7, 11) is 0. The topological polar surface area (TPSA) is 76.7 Å². The van der Waals surface area contributed by atoms with Crippen molar-refractivity contribution in [3.8, 4) is 11.5 Å². The minimum atomic E-state index is -0.374. The first-order valence-electron chi connectivity index (χ1n) is 8.19. The molecule has 0 bridgehead atoms. The molecular formula is C17H24N2O4. The van der Waals surface area contributed by atoms with Gasteiger partial charge in [0.1, 0.15) is 13.2 Å². The van der Waals surface area contributed by atoms with Gasteiger partial charge < -0.3 is 9.47 Å². The molecule has 126 valence electrons. The van der Waals surface area contributed by atoms with Gasteiger partial charge in [0.05, 0.1) is 0 Å². The molecule has 0 unspecified atom stereocenters. The SMILES string of the molecule is CCCCCCCC(=O)NNC(=O)c1ccc2c(c1)OCCO2. The largest absolute Gasteiger partial charge is 0.486 e. The van der Waals surface area contributed by atoms with Crippen LogP contribution in [0.1, 0.15) is 55.8 Å². The van der Waals surface area contributed by atoms with Crippen molar-refractivity contribution in [2.24, 2.45) is 0 Å². The Morgan fingerprint density at radius 3 is 2.52 bits per heavy atom. The minimum Gasteiger partial charge on any atom is -0.486 e. The van der Waals surface area contributed by atoms with Gasteiger partial charge in [-0.25, -0.2) is 0 Å². The number of ether oxygens (including phenoxy) is 2. The van der Waals surface area contributed by atoms with Crippen LogP contribution in [0.4, 0.5) is 0 Å². The van der Waals surface area contributed by atoms with E-state index < -0.39 is 0 Å². The number of amides is 2. The van der Waals surface area contributed by atoms with Crippen molar-refractivity contribution >= 4 is 11.8 Å². The number of hydrogen-bond donors (Lipinski definition) is 2. The number of fused-ring (bicyclic) bond motifs is 1. The number of unbranched alkanes of at least 4 members (excludes halogenated alkanes) is 4. The highest BCUT2D eigenvalue weighted by Gasteiger charge is 2.15. The lowest BCUT2D eigenvalue weighted by molar-refractivity contribution is -0.122. The Kier molecular flexibility index (Phi) is 6.72. The first-order valence-corrected chi connectivity index (χ1v) is 8.19. The van der Waals surface area contributed by atoms with Crippen LogP contribution >= 0.6 is 0 Å². The maximum Gasteiger partial charge on any atom is 0.269 e. The molecule has 2 rings (SSSR count). The van der Waals surface area contributed by atoms with Crippen LogP contribution in [0.3, 0.4) is 0 Å². The van der Waals surface area contributed by atoms with E-state index in [1.165, 1.54) is 12.8 Å². The van der Waals surface area contributed by atoms with Gasteiger partial charge in [-0.05, 0) is 24.6 Å². The lowest BCUT2D eigenvalue weighted by Crippen LogP contribution is -2.41. The van der Waals surface area contributed by atoms with Crippen LogP contribution in [0, 0.1) is 0 Å². The van der Waals surface area contributed by atoms with Crippen LogP contribution in [0.5, 0.6) is 11.5 Å². The zero-order valence-corrected chi connectivity index (χ0v) is 13.5. The fraction of sp³-hybridized carbons (Fsp3) is 0.529. The normalized spacial score (nSPS) is 12.6. The Labute approximate surface area is 136 Å². The lowest BCUT2D eigenvalue weighted by atomic mass is 10.1. The van der Waals surface area contributed by atoms with Crippen LogP contribution in [-0.4, -0.2) is 25.0 Å². The third-order valence-electron chi connectivity index (χ3n) is 3.63. The Hall–Kier alpha value is -2.24. The van der Waals surface area contributed by atoms with E-state index in [1.807, 2.05) is 0 Å². The quantitative estimate of drug-likeness (QED) is 0.598. The van der Waals surface area contributed by atoms with Crippen molar-refractivity contribution in [3.05, 3.63) is 23.8 Å². The van der Waals surface area contributed by atoms with E-state index in [2.05, 4.69) is 17.8 Å². The summed E-state index contributed by atoms with van der Waals surface area (Å²) in [5, 5.41) is 0. The summed E-state index contributed by atoms with van der Waals surface area (Å²) in [6.45, 7) is 3.12. The number of benzene rings is 1. The van der Waals surface area contributed by atoms with Gasteiger partial charge in [0.2, 0.25) is 5.91 Å². The molecule has 1 aliphatic heterocycles. The fourth-order valence-corrected chi connectivity index (χ4v) is 2.33. The van der Waals surface area contributed by atoms with Crippen molar-refractivity contribution in [3.63, 3.8) is 0 Å². The van der Waals surface area contributed by atoms with E-state index in [0.29, 0.717) is 36.7 Å². The number of rotatable bonds is 7. The monoisotopic (exact) mass is 320 g/mol. The highest BCUT2D eigenvalue weighted by atomic mass is 16.6. The number of nitrogens with one attached hydrogen (secondary N) is 2. The molecule has 6 nitrogen and oxygen atoms in total. The average Bonchev–Trinajstić information content (AvgIpc) is 2.59. The Morgan fingerprint density at radius 2 is 1.74 bits per heavy atom. The molecule has 0 aliphatic carbocycles. The van der Waals surface area contributed by atoms with Gasteiger partial charge in [0.25, 0.3) is 5.91 Å². The molecule has 0 radical (unpaired) electrons. The second-order valence-electron chi connectivity index (χ2n) is 5.52. The van der Waals surface area contributed by atoms with Crippen molar-refractivity contribution in [2.75, 3.05) is 13.2 Å². The molecule has 1 heterocycles. The predicted molar refractivity (Wildman–Crippen MR) is 86.4 cm³/mol. The van der Waals surface area contributed by atoms with Gasteiger partial charge in [-0.2, -0.15) is 0 Å². The first kappa shape index (κ1) is 17.1. The van der Waals surface area contributed by atoms with E-state index in [-0.39, 0.29) is 11.8 Å². The zero-order chi connectivity index (χ0) is 16.5. The van der Waals surface area contributed by atoms with Gasteiger partial charge in [-0.15, -0.1) is 0 Å². The molecule has 1 aliphatic rings. The molecule has 2 N–H and O–H groups in total. The number of carbonyl (C=O) groups excluding carboxylic acids is 2. The van der Waals surface area contributed by atoms with Gasteiger partial charge in [0, 0.05) is 12.0 Å². The maximum atomic E-state index is 12.0. The highest BCUT2D eigenvalue weighted by Crippen LogP contribution is 2.30. The maximum absolute atomic E-state index is 12.0. The van der Waals surface area contributed by atoms with Crippen LogP contribution in [0.25, 0.3) is 0 Å². The Bertz CT molecular complexity index is 545. The lowest BCUT2D eigenvalue weighted by Gasteiger charge is -2.18. The summed E-state index contributed by atoms with van der Waals surface area (Å²) in [6.07, 6.45) is 5.82. The van der Waals surface area contributed by atoms with Gasteiger partial charge in [0.15, 0.2) is 11.5 Å². The molecule has 1 aromatic rings. The summed E-state index contributed by atoms with van der Waals surface area (Å²) in [5.41, 5.74) is 5.28. The van der Waals surface area contributed by atoms with E-state index in [0.717, 1.165) is 19.3 Å². The average molecular weight is 320 g/mol. The van der Waals surface area contributed by atoms with Crippen LogP contribution < -0.4 is 20.3 Å². The number of hydrazine groups is 1. The third-order valence-corrected chi connectivity index (χ3v) is 3.63. The van der Waals surface area contributed by atoms with Crippen LogP contribution in [-0.2, 0) is 4.79 Å². The van der Waals surface area contributed by atoms with E-state index in [4.69, 9.17) is 9.47 Å². The van der Waals surface area contributed by atoms with Gasteiger partial charge >= 0.3 is 0 Å². The van der Waals surface area contributed by atoms with Crippen molar-refractivity contribution in [1.82, 2.24) is 10.9 Å². The van der Waals surface area contributed by atoms with Crippen molar-refractivity contribution < 1.29 is 19.1 Å². The van der Waals surface area contributed by atoms with Gasteiger partial charge in [-0.1, -0.05) is 32.6 Å². The second kappa shape index (κ2) is 9.02. The molecule has 23 heavy (non-hydrogen) atoms. The molecule has 0 saturated heterocycles. The van der Waals surface area contributed by atoms with Crippen LogP contribution in [0.2, 0.25) is 0 Å². The molecule has 1 aromatic carbocycles. The fourth-order valence-electron chi connectivity index (χ4n) is 2.33. The standard InChI is InChI=1S/C17H24N2O4/c1-2-3-4-5-6-7-16(20)18-19-17(21)13-8-9-14-15(12-13)23-11-10-22-14/h8-9,12H,2-7,10-11H2,1H3,(H,18,20)(H,19,21). The predicted octanol–water partition coefficient (Wildman–Crippen LogP) is 2.58. The first-order chi connectivity index (χ1) is 11.2. The van der Waals surface area contributed by atoms with E-state index >= 15 is 0 Å². The molecule has 0 aromatic heterocycles. The summed E-state index contributed by atoms with van der Waals surface area (Å²) in [6, 6.07) is 4.94. The number of hydrogen-bond acceptors (Lipinski definition) is 4. The third kappa shape index (κ3) is 5.47. The summed E-state index contributed by atoms with van der Waals surface area (Å²) in [4.78, 5) is 23.7.